The second-order valence-electron chi connectivity index (χ2n) is 3.51. The van der Waals surface area contributed by atoms with E-state index in [2.05, 4.69) is 4.72 Å². The van der Waals surface area contributed by atoms with E-state index < -0.39 is 15.9 Å². The molecule has 0 amide bonds. The van der Waals surface area contributed by atoms with Crippen LogP contribution in [-0.2, 0) is 15.9 Å². The van der Waals surface area contributed by atoms with Crippen molar-refractivity contribution in [2.75, 3.05) is 11.0 Å². The number of alkyl halides is 2. The van der Waals surface area contributed by atoms with Crippen LogP contribution in [0.4, 0.5) is 14.5 Å². The Morgan fingerprint density at radius 1 is 1.38 bits per heavy atom. The number of rotatable bonds is 4. The maximum absolute atomic E-state index is 13.3. The van der Waals surface area contributed by atoms with Crippen molar-refractivity contribution in [2.45, 2.75) is 19.3 Å². The molecule has 0 fully saturated rings. The minimum Gasteiger partial charge on any atom is -0.284 e. The summed E-state index contributed by atoms with van der Waals surface area (Å²) in [4.78, 5) is 0. The lowest BCUT2D eigenvalue weighted by Gasteiger charge is -2.15. The molecular weight excluding hydrogens is 236 g/mol. The summed E-state index contributed by atoms with van der Waals surface area (Å²) < 4.78 is 50.7. The maximum Gasteiger partial charge on any atom is 0.273 e. The fraction of sp³-hybridized carbons (Fsp3) is 0.400. The molecule has 0 saturated heterocycles. The highest BCUT2D eigenvalue weighted by Crippen LogP contribution is 2.32. The summed E-state index contributed by atoms with van der Waals surface area (Å²) in [5.74, 6) is -2.94. The zero-order chi connectivity index (χ0) is 12.4. The molecule has 0 aliphatic rings. The van der Waals surface area contributed by atoms with Crippen molar-refractivity contribution < 1.29 is 17.2 Å². The predicted octanol–water partition coefficient (Wildman–Crippen LogP) is 2.56. The molecule has 0 radical (unpaired) electrons. The molecule has 1 rings (SSSR count). The van der Waals surface area contributed by atoms with Gasteiger partial charge >= 0.3 is 0 Å². The van der Waals surface area contributed by atoms with Gasteiger partial charge in [-0.15, -0.1) is 0 Å². The molecule has 0 spiro atoms. The number of halogens is 2. The molecule has 1 aromatic carbocycles. The zero-order valence-electron chi connectivity index (χ0n) is 9.00. The van der Waals surface area contributed by atoms with Crippen molar-refractivity contribution in [3.63, 3.8) is 0 Å². The Balaban J connectivity index is 3.05. The SMILES string of the molecule is CCC(F)(F)c1cccc(NS(C)(=O)=O)c1. The summed E-state index contributed by atoms with van der Waals surface area (Å²) in [5.41, 5.74) is -0.0447. The van der Waals surface area contributed by atoms with Gasteiger partial charge in [0.15, 0.2) is 0 Å². The standard InChI is InChI=1S/C10H13F2NO2S/c1-3-10(11,12)8-5-4-6-9(7-8)13-16(2,14)15/h4-7,13H,3H2,1-2H3. The lowest BCUT2D eigenvalue weighted by molar-refractivity contribution is -0.00823. The summed E-state index contributed by atoms with van der Waals surface area (Å²) in [6, 6.07) is 5.24. The third-order valence-electron chi connectivity index (χ3n) is 2.03. The van der Waals surface area contributed by atoms with E-state index >= 15 is 0 Å². The molecule has 0 aromatic heterocycles. The summed E-state index contributed by atoms with van der Waals surface area (Å²) in [6.07, 6.45) is 0.646. The molecule has 0 atom stereocenters. The van der Waals surface area contributed by atoms with Crippen molar-refractivity contribution in [3.8, 4) is 0 Å². The monoisotopic (exact) mass is 249 g/mol. The van der Waals surface area contributed by atoms with Gasteiger partial charge in [-0.25, -0.2) is 17.2 Å². The van der Waals surface area contributed by atoms with Crippen LogP contribution >= 0.6 is 0 Å². The van der Waals surface area contributed by atoms with Gasteiger partial charge in [-0.2, -0.15) is 0 Å². The van der Waals surface area contributed by atoms with Crippen LogP contribution in [0.1, 0.15) is 18.9 Å². The van der Waals surface area contributed by atoms with Crippen molar-refractivity contribution in [1.29, 1.82) is 0 Å². The largest absolute Gasteiger partial charge is 0.284 e. The van der Waals surface area contributed by atoms with Crippen LogP contribution in [0.15, 0.2) is 24.3 Å². The topological polar surface area (TPSA) is 46.2 Å². The molecule has 0 unspecified atom stereocenters. The quantitative estimate of drug-likeness (QED) is 0.891. The Labute approximate surface area is 93.5 Å². The zero-order valence-corrected chi connectivity index (χ0v) is 9.81. The third-order valence-corrected chi connectivity index (χ3v) is 2.64. The first-order chi connectivity index (χ1) is 7.24. The Kier molecular flexibility index (Phi) is 3.52. The maximum atomic E-state index is 13.3. The molecule has 0 aliphatic carbocycles. The van der Waals surface area contributed by atoms with Crippen LogP contribution < -0.4 is 4.72 Å². The van der Waals surface area contributed by atoms with Gasteiger partial charge in [-0.1, -0.05) is 19.1 Å². The number of hydrogen-bond donors (Lipinski definition) is 1. The van der Waals surface area contributed by atoms with Crippen molar-refractivity contribution in [2.24, 2.45) is 0 Å². The number of sulfonamides is 1. The molecule has 0 aliphatic heterocycles. The fourth-order valence-corrected chi connectivity index (χ4v) is 1.78. The fourth-order valence-electron chi connectivity index (χ4n) is 1.23. The number of anilines is 1. The van der Waals surface area contributed by atoms with E-state index in [1.807, 2.05) is 0 Å². The van der Waals surface area contributed by atoms with Crippen LogP contribution in [0, 0.1) is 0 Å². The lowest BCUT2D eigenvalue weighted by Crippen LogP contribution is -2.13. The smallest absolute Gasteiger partial charge is 0.273 e. The lowest BCUT2D eigenvalue weighted by atomic mass is 10.1. The molecule has 90 valence electrons. The van der Waals surface area contributed by atoms with Gasteiger partial charge in [0.1, 0.15) is 0 Å². The molecule has 1 aromatic rings. The number of benzene rings is 1. The molecule has 1 N–H and O–H groups in total. The normalized spacial score (nSPS) is 12.5. The van der Waals surface area contributed by atoms with Gasteiger partial charge in [0.2, 0.25) is 10.0 Å². The minimum absolute atomic E-state index is 0.146. The van der Waals surface area contributed by atoms with Gasteiger partial charge in [0.25, 0.3) is 5.92 Å². The second-order valence-corrected chi connectivity index (χ2v) is 5.26. The Morgan fingerprint density at radius 2 is 2.00 bits per heavy atom. The third kappa shape index (κ3) is 3.44. The minimum atomic E-state index is -3.44. The van der Waals surface area contributed by atoms with E-state index in [4.69, 9.17) is 0 Å². The summed E-state index contributed by atoms with van der Waals surface area (Å²) >= 11 is 0. The van der Waals surface area contributed by atoms with E-state index in [-0.39, 0.29) is 17.7 Å². The van der Waals surface area contributed by atoms with E-state index in [1.165, 1.54) is 25.1 Å². The first-order valence-electron chi connectivity index (χ1n) is 4.71. The second kappa shape index (κ2) is 4.37. The van der Waals surface area contributed by atoms with E-state index in [0.29, 0.717) is 0 Å². The highest BCUT2D eigenvalue weighted by atomic mass is 32.2. The van der Waals surface area contributed by atoms with E-state index in [0.717, 1.165) is 12.3 Å². The highest BCUT2D eigenvalue weighted by Gasteiger charge is 2.28. The molecule has 0 bridgehead atoms. The Bertz CT molecular complexity index is 471. The van der Waals surface area contributed by atoms with E-state index in [1.54, 1.807) is 0 Å². The Hall–Kier alpha value is -1.17. The van der Waals surface area contributed by atoms with Gasteiger partial charge in [0, 0.05) is 17.7 Å². The average Bonchev–Trinajstić information content (AvgIpc) is 2.15. The molecule has 3 nitrogen and oxygen atoms in total. The van der Waals surface area contributed by atoms with Crippen LogP contribution in [0.2, 0.25) is 0 Å². The summed E-state index contributed by atoms with van der Waals surface area (Å²) in [6.45, 7) is 1.37. The molecular formula is C10H13F2NO2S. The van der Waals surface area contributed by atoms with Gasteiger partial charge in [-0.05, 0) is 12.1 Å². The van der Waals surface area contributed by atoms with Gasteiger partial charge in [0.05, 0.1) is 6.26 Å². The van der Waals surface area contributed by atoms with Crippen LogP contribution in [0.25, 0.3) is 0 Å². The predicted molar refractivity (Wildman–Crippen MR) is 59.1 cm³/mol. The van der Waals surface area contributed by atoms with E-state index in [9.17, 15) is 17.2 Å². The van der Waals surface area contributed by atoms with Crippen LogP contribution in [-0.4, -0.2) is 14.7 Å². The highest BCUT2D eigenvalue weighted by molar-refractivity contribution is 7.92. The first kappa shape index (κ1) is 12.9. The van der Waals surface area contributed by atoms with Crippen LogP contribution in [0.5, 0.6) is 0 Å². The van der Waals surface area contributed by atoms with Crippen LogP contribution in [0.3, 0.4) is 0 Å². The van der Waals surface area contributed by atoms with Gasteiger partial charge in [-0.3, -0.25) is 4.72 Å². The number of hydrogen-bond acceptors (Lipinski definition) is 2. The van der Waals surface area contributed by atoms with Crippen molar-refractivity contribution >= 4 is 15.7 Å². The van der Waals surface area contributed by atoms with Gasteiger partial charge < -0.3 is 0 Å². The number of nitrogens with one attached hydrogen (secondary N) is 1. The molecule has 0 heterocycles. The molecule has 0 saturated carbocycles. The Morgan fingerprint density at radius 3 is 2.50 bits per heavy atom. The molecule has 6 heteroatoms. The van der Waals surface area contributed by atoms with Crippen molar-refractivity contribution in [3.05, 3.63) is 29.8 Å². The van der Waals surface area contributed by atoms with Crippen molar-refractivity contribution in [1.82, 2.24) is 0 Å². The average molecular weight is 249 g/mol. The first-order valence-corrected chi connectivity index (χ1v) is 6.60. The summed E-state index contributed by atoms with van der Waals surface area (Å²) in [7, 11) is -3.44. The molecule has 16 heavy (non-hydrogen) atoms. The summed E-state index contributed by atoms with van der Waals surface area (Å²) in [5, 5.41) is 0.